The van der Waals surface area contributed by atoms with Crippen molar-refractivity contribution in [3.05, 3.63) is 127 Å². The summed E-state index contributed by atoms with van der Waals surface area (Å²) in [6.45, 7) is 0. The second-order valence-corrected chi connectivity index (χ2v) is 11.2. The van der Waals surface area contributed by atoms with Crippen LogP contribution in [0.25, 0.3) is 80.7 Å². The molecule has 182 valence electrons. The van der Waals surface area contributed by atoms with Crippen LogP contribution in [0.15, 0.2) is 132 Å². The highest BCUT2D eigenvalue weighted by molar-refractivity contribution is 7.26. The zero-order chi connectivity index (χ0) is 25.5. The predicted octanol–water partition coefficient (Wildman–Crippen LogP) is 10.7. The SMILES string of the molecule is c1ccc(-n2c3ccccc3c3sc4cc(-c5cccc6c5oc5c7ccccc7ccc65)ccc4c32)cc1. The maximum absolute atomic E-state index is 6.64. The molecule has 0 saturated carbocycles. The maximum Gasteiger partial charge on any atom is 0.143 e. The van der Waals surface area contributed by atoms with E-state index >= 15 is 0 Å². The fraction of sp³-hybridized carbons (Fsp3) is 0. The van der Waals surface area contributed by atoms with Crippen molar-refractivity contribution in [3.63, 3.8) is 0 Å². The second kappa shape index (κ2) is 7.83. The van der Waals surface area contributed by atoms with Gasteiger partial charge in [-0.3, -0.25) is 0 Å². The van der Waals surface area contributed by atoms with Crippen LogP contribution in [0.3, 0.4) is 0 Å². The summed E-state index contributed by atoms with van der Waals surface area (Å²) >= 11 is 1.88. The molecule has 6 aromatic carbocycles. The molecule has 0 bridgehead atoms. The number of hydrogen-bond donors (Lipinski definition) is 0. The Labute approximate surface area is 227 Å². The molecule has 0 N–H and O–H groups in total. The molecular weight excluding hydrogens is 494 g/mol. The molecule has 3 heterocycles. The molecule has 2 nitrogen and oxygen atoms in total. The van der Waals surface area contributed by atoms with Crippen LogP contribution < -0.4 is 0 Å². The second-order valence-electron chi connectivity index (χ2n) is 10.1. The first-order valence-electron chi connectivity index (χ1n) is 13.2. The quantitative estimate of drug-likeness (QED) is 0.224. The Morgan fingerprint density at radius 2 is 1.28 bits per heavy atom. The zero-order valence-corrected chi connectivity index (χ0v) is 21.7. The van der Waals surface area contributed by atoms with Crippen molar-refractivity contribution in [2.24, 2.45) is 0 Å². The van der Waals surface area contributed by atoms with Gasteiger partial charge in [-0.1, -0.05) is 97.1 Å². The summed E-state index contributed by atoms with van der Waals surface area (Å²) < 4.78 is 11.7. The minimum Gasteiger partial charge on any atom is -0.455 e. The van der Waals surface area contributed by atoms with Gasteiger partial charge in [-0.2, -0.15) is 0 Å². The summed E-state index contributed by atoms with van der Waals surface area (Å²) in [5, 5.41) is 7.25. The first kappa shape index (κ1) is 21.1. The number of benzene rings is 6. The highest BCUT2D eigenvalue weighted by atomic mass is 32.1. The van der Waals surface area contributed by atoms with Gasteiger partial charge in [0, 0.05) is 42.9 Å². The Morgan fingerprint density at radius 3 is 2.21 bits per heavy atom. The smallest absolute Gasteiger partial charge is 0.143 e. The molecular formula is C36H21NOS. The van der Waals surface area contributed by atoms with E-state index in [1.165, 1.54) is 47.8 Å². The molecule has 0 aliphatic carbocycles. The predicted molar refractivity (Wildman–Crippen MR) is 166 cm³/mol. The topological polar surface area (TPSA) is 18.1 Å². The molecule has 0 fully saturated rings. The van der Waals surface area contributed by atoms with Crippen LogP contribution in [0.1, 0.15) is 0 Å². The summed E-state index contributed by atoms with van der Waals surface area (Å²) in [7, 11) is 0. The van der Waals surface area contributed by atoms with E-state index in [1.54, 1.807) is 0 Å². The van der Waals surface area contributed by atoms with Gasteiger partial charge in [0.15, 0.2) is 0 Å². The molecule has 9 aromatic rings. The van der Waals surface area contributed by atoms with Crippen molar-refractivity contribution in [2.75, 3.05) is 0 Å². The van der Waals surface area contributed by atoms with Crippen molar-refractivity contribution >= 4 is 75.3 Å². The average Bonchev–Trinajstić information content (AvgIpc) is 3.66. The first-order chi connectivity index (χ1) is 19.3. The molecule has 0 radical (unpaired) electrons. The van der Waals surface area contributed by atoms with Crippen LogP contribution in [0.4, 0.5) is 0 Å². The molecule has 0 atom stereocenters. The Bertz CT molecular complexity index is 2390. The highest BCUT2D eigenvalue weighted by Gasteiger charge is 2.19. The third-order valence-corrected chi connectivity index (χ3v) is 9.17. The van der Waals surface area contributed by atoms with Crippen molar-refractivity contribution in [3.8, 4) is 16.8 Å². The van der Waals surface area contributed by atoms with E-state index in [1.807, 2.05) is 11.3 Å². The van der Waals surface area contributed by atoms with E-state index in [0.29, 0.717) is 0 Å². The normalized spacial score (nSPS) is 12.1. The van der Waals surface area contributed by atoms with Crippen LogP contribution in [-0.4, -0.2) is 4.57 Å². The third kappa shape index (κ3) is 2.91. The Balaban J connectivity index is 1.31. The number of hydrogen-bond acceptors (Lipinski definition) is 2. The largest absolute Gasteiger partial charge is 0.455 e. The van der Waals surface area contributed by atoms with Crippen LogP contribution in [-0.2, 0) is 0 Å². The van der Waals surface area contributed by atoms with Gasteiger partial charge < -0.3 is 8.98 Å². The Hall–Kier alpha value is -4.86. The first-order valence-corrected chi connectivity index (χ1v) is 14.0. The molecule has 3 aromatic heterocycles. The lowest BCUT2D eigenvalue weighted by Gasteiger charge is -2.08. The Morgan fingerprint density at radius 1 is 0.538 bits per heavy atom. The minimum absolute atomic E-state index is 0.948. The monoisotopic (exact) mass is 515 g/mol. The molecule has 0 aliphatic rings. The van der Waals surface area contributed by atoms with Gasteiger partial charge >= 0.3 is 0 Å². The lowest BCUT2D eigenvalue weighted by atomic mass is 10.0. The molecule has 0 unspecified atom stereocenters. The van der Waals surface area contributed by atoms with Gasteiger partial charge in [-0.05, 0) is 41.3 Å². The van der Waals surface area contributed by atoms with Gasteiger partial charge in [0.25, 0.3) is 0 Å². The molecule has 0 spiro atoms. The number of furan rings is 1. The number of aromatic nitrogens is 1. The fourth-order valence-corrected chi connectivity index (χ4v) is 7.50. The van der Waals surface area contributed by atoms with Crippen LogP contribution in [0.5, 0.6) is 0 Å². The molecule has 0 saturated heterocycles. The molecule has 0 amide bonds. The van der Waals surface area contributed by atoms with Gasteiger partial charge in [0.2, 0.25) is 0 Å². The number of fused-ring (bicyclic) bond motifs is 10. The van der Waals surface area contributed by atoms with Gasteiger partial charge in [0.1, 0.15) is 11.2 Å². The highest BCUT2D eigenvalue weighted by Crippen LogP contribution is 2.44. The van der Waals surface area contributed by atoms with Gasteiger partial charge in [-0.25, -0.2) is 0 Å². The van der Waals surface area contributed by atoms with E-state index in [2.05, 4.69) is 132 Å². The van der Waals surface area contributed by atoms with E-state index in [4.69, 9.17) is 4.42 Å². The van der Waals surface area contributed by atoms with E-state index in [-0.39, 0.29) is 0 Å². The summed E-state index contributed by atoms with van der Waals surface area (Å²) in [4.78, 5) is 0. The standard InChI is InChI=1S/C36H21NOS/c1-2-10-24(11-3-1)37-31-16-7-6-13-29(31)36-33(37)30-20-18-23(21-32(30)39-36)26-14-8-15-27-28-19-17-22-9-4-5-12-25(22)34(28)38-35(26)27/h1-21H. The van der Waals surface area contributed by atoms with Crippen molar-refractivity contribution < 1.29 is 4.42 Å². The van der Waals surface area contributed by atoms with E-state index in [0.717, 1.165) is 32.9 Å². The van der Waals surface area contributed by atoms with Crippen LogP contribution >= 0.6 is 11.3 Å². The lowest BCUT2D eigenvalue weighted by molar-refractivity contribution is 0.674. The van der Waals surface area contributed by atoms with Crippen molar-refractivity contribution in [1.82, 2.24) is 4.57 Å². The van der Waals surface area contributed by atoms with Crippen LogP contribution in [0.2, 0.25) is 0 Å². The van der Waals surface area contributed by atoms with Gasteiger partial charge in [-0.15, -0.1) is 11.3 Å². The molecule has 9 rings (SSSR count). The summed E-state index contributed by atoms with van der Waals surface area (Å²) in [5.74, 6) is 0. The fourth-order valence-electron chi connectivity index (χ4n) is 6.23. The molecule has 0 aliphatic heterocycles. The number of nitrogens with zero attached hydrogens (tertiary/aromatic N) is 1. The summed E-state index contributed by atoms with van der Waals surface area (Å²) in [5.41, 5.74) is 7.93. The Kier molecular flexibility index (Phi) is 4.24. The van der Waals surface area contributed by atoms with Crippen molar-refractivity contribution in [2.45, 2.75) is 0 Å². The number of para-hydroxylation sites is 3. The maximum atomic E-state index is 6.64. The molecule has 39 heavy (non-hydrogen) atoms. The number of thiophene rings is 1. The zero-order valence-electron chi connectivity index (χ0n) is 20.9. The lowest BCUT2D eigenvalue weighted by Crippen LogP contribution is -1.92. The average molecular weight is 516 g/mol. The van der Waals surface area contributed by atoms with Crippen molar-refractivity contribution in [1.29, 1.82) is 0 Å². The minimum atomic E-state index is 0.948. The van der Waals surface area contributed by atoms with Gasteiger partial charge in [0.05, 0.1) is 15.7 Å². The van der Waals surface area contributed by atoms with E-state index < -0.39 is 0 Å². The van der Waals surface area contributed by atoms with Crippen LogP contribution in [0, 0.1) is 0 Å². The summed E-state index contributed by atoms with van der Waals surface area (Å²) in [6, 6.07) is 45.6. The third-order valence-electron chi connectivity index (χ3n) is 7.99. The summed E-state index contributed by atoms with van der Waals surface area (Å²) in [6.07, 6.45) is 0. The van der Waals surface area contributed by atoms with E-state index in [9.17, 15) is 0 Å². The molecule has 3 heteroatoms. The number of rotatable bonds is 2.